The van der Waals surface area contributed by atoms with Crippen molar-refractivity contribution >= 4 is 11.3 Å². The quantitative estimate of drug-likeness (QED) is 0.868. The highest BCUT2D eigenvalue weighted by atomic mass is 32.1. The molecule has 1 aromatic rings. The largest absolute Gasteiger partial charge is 0.308 e. The molecular formula is C16H29N3S. The van der Waals surface area contributed by atoms with Gasteiger partial charge in [-0.05, 0) is 25.8 Å². The van der Waals surface area contributed by atoms with Crippen LogP contribution in [0, 0.1) is 5.92 Å². The van der Waals surface area contributed by atoms with Crippen LogP contribution in [0.15, 0.2) is 5.38 Å². The Bertz CT molecular complexity index is 402. The lowest BCUT2D eigenvalue weighted by atomic mass is 9.85. The van der Waals surface area contributed by atoms with Crippen molar-refractivity contribution in [1.29, 1.82) is 0 Å². The Kier molecular flexibility index (Phi) is 6.00. The third-order valence-corrected chi connectivity index (χ3v) is 5.20. The first-order chi connectivity index (χ1) is 9.56. The van der Waals surface area contributed by atoms with Crippen LogP contribution in [0.4, 0.5) is 0 Å². The summed E-state index contributed by atoms with van der Waals surface area (Å²) in [6.45, 7) is 8.64. The van der Waals surface area contributed by atoms with Crippen LogP contribution in [0.1, 0.15) is 57.2 Å². The van der Waals surface area contributed by atoms with Gasteiger partial charge in [0.05, 0.1) is 5.69 Å². The van der Waals surface area contributed by atoms with E-state index in [0.717, 1.165) is 25.0 Å². The maximum absolute atomic E-state index is 4.76. The summed E-state index contributed by atoms with van der Waals surface area (Å²) in [5, 5.41) is 6.86. The molecule has 1 aliphatic rings. The third-order valence-electron chi connectivity index (χ3n) is 4.30. The van der Waals surface area contributed by atoms with Crippen LogP contribution < -0.4 is 5.32 Å². The van der Waals surface area contributed by atoms with Crippen molar-refractivity contribution in [2.24, 2.45) is 5.92 Å². The highest BCUT2D eigenvalue weighted by molar-refractivity contribution is 7.09. The highest BCUT2D eigenvalue weighted by Crippen LogP contribution is 2.28. The number of nitrogens with one attached hydrogen (secondary N) is 1. The molecule has 20 heavy (non-hydrogen) atoms. The fraction of sp³-hybridized carbons (Fsp3) is 0.812. The number of rotatable bonds is 6. The van der Waals surface area contributed by atoms with Crippen LogP contribution in [0.25, 0.3) is 0 Å². The molecule has 1 aromatic heterocycles. The predicted molar refractivity (Wildman–Crippen MR) is 87.0 cm³/mol. The van der Waals surface area contributed by atoms with E-state index in [1.807, 2.05) is 0 Å². The lowest BCUT2D eigenvalue weighted by Crippen LogP contribution is -2.38. The van der Waals surface area contributed by atoms with Gasteiger partial charge in [0.1, 0.15) is 5.01 Å². The molecule has 0 saturated heterocycles. The SMILES string of the molecule is CC(C)NCc1nc(CN(C)C2CCCCC2C)cs1. The maximum Gasteiger partial charge on any atom is 0.107 e. The van der Waals surface area contributed by atoms with E-state index < -0.39 is 0 Å². The molecule has 1 heterocycles. The molecule has 0 radical (unpaired) electrons. The molecule has 2 rings (SSSR count). The molecule has 2 atom stereocenters. The normalized spacial score (nSPS) is 23.7. The average molecular weight is 295 g/mol. The molecule has 114 valence electrons. The minimum absolute atomic E-state index is 0.521. The van der Waals surface area contributed by atoms with Gasteiger partial charge in [0.15, 0.2) is 0 Å². The van der Waals surface area contributed by atoms with Crippen molar-refractivity contribution in [3.8, 4) is 0 Å². The Labute approximate surface area is 127 Å². The molecule has 1 N–H and O–H groups in total. The van der Waals surface area contributed by atoms with Crippen LogP contribution >= 0.6 is 11.3 Å². The lowest BCUT2D eigenvalue weighted by molar-refractivity contribution is 0.132. The Hall–Kier alpha value is -0.450. The molecule has 1 fully saturated rings. The third kappa shape index (κ3) is 4.54. The van der Waals surface area contributed by atoms with Gasteiger partial charge in [0, 0.05) is 30.6 Å². The number of hydrogen-bond donors (Lipinski definition) is 1. The zero-order valence-electron chi connectivity index (χ0n) is 13.4. The number of aromatic nitrogens is 1. The second kappa shape index (κ2) is 7.53. The summed E-state index contributed by atoms with van der Waals surface area (Å²) >= 11 is 1.78. The van der Waals surface area contributed by atoms with Crippen LogP contribution in [-0.4, -0.2) is 29.0 Å². The molecule has 2 unspecified atom stereocenters. The summed E-state index contributed by atoms with van der Waals surface area (Å²) in [5.74, 6) is 0.828. The van der Waals surface area contributed by atoms with E-state index in [2.05, 4.69) is 43.4 Å². The molecule has 0 amide bonds. The van der Waals surface area contributed by atoms with Crippen molar-refractivity contribution in [3.05, 3.63) is 16.1 Å². The van der Waals surface area contributed by atoms with Gasteiger partial charge in [-0.25, -0.2) is 4.98 Å². The first-order valence-electron chi connectivity index (χ1n) is 7.93. The molecule has 0 bridgehead atoms. The second-order valence-electron chi connectivity index (χ2n) is 6.51. The standard InChI is InChI=1S/C16H29N3S/c1-12(2)17-9-16-18-14(11-20-16)10-19(4)15-8-6-5-7-13(15)3/h11-13,15,17H,5-10H2,1-4H3. The topological polar surface area (TPSA) is 28.2 Å². The summed E-state index contributed by atoms with van der Waals surface area (Å²) in [6, 6.07) is 1.26. The average Bonchev–Trinajstić information content (AvgIpc) is 2.84. The summed E-state index contributed by atoms with van der Waals surface area (Å²) < 4.78 is 0. The summed E-state index contributed by atoms with van der Waals surface area (Å²) in [6.07, 6.45) is 5.53. The van der Waals surface area contributed by atoms with Crippen LogP contribution in [0.5, 0.6) is 0 Å². The summed E-state index contributed by atoms with van der Waals surface area (Å²) in [5.41, 5.74) is 1.23. The Morgan fingerprint density at radius 1 is 1.40 bits per heavy atom. The smallest absolute Gasteiger partial charge is 0.107 e. The van der Waals surface area contributed by atoms with Gasteiger partial charge in [0.2, 0.25) is 0 Å². The van der Waals surface area contributed by atoms with Crippen molar-refractivity contribution in [2.45, 2.75) is 71.6 Å². The van der Waals surface area contributed by atoms with Crippen molar-refractivity contribution in [2.75, 3.05) is 7.05 Å². The van der Waals surface area contributed by atoms with Crippen molar-refractivity contribution < 1.29 is 0 Å². The Morgan fingerprint density at radius 3 is 2.85 bits per heavy atom. The predicted octanol–water partition coefficient (Wildman–Crippen LogP) is 3.65. The van der Waals surface area contributed by atoms with E-state index >= 15 is 0 Å². The second-order valence-corrected chi connectivity index (χ2v) is 7.46. The van der Waals surface area contributed by atoms with Gasteiger partial charge in [-0.15, -0.1) is 11.3 Å². The lowest BCUT2D eigenvalue weighted by Gasteiger charge is -2.35. The molecule has 1 aliphatic carbocycles. The summed E-state index contributed by atoms with van der Waals surface area (Å²) in [7, 11) is 2.26. The fourth-order valence-corrected chi connectivity index (χ4v) is 3.85. The number of thiazole rings is 1. The minimum Gasteiger partial charge on any atom is -0.308 e. The molecular weight excluding hydrogens is 266 g/mol. The molecule has 1 saturated carbocycles. The van der Waals surface area contributed by atoms with Gasteiger partial charge in [-0.2, -0.15) is 0 Å². The Balaban J connectivity index is 1.86. The first kappa shape index (κ1) is 15.9. The van der Waals surface area contributed by atoms with Gasteiger partial charge in [0.25, 0.3) is 0 Å². The van der Waals surface area contributed by atoms with Crippen molar-refractivity contribution in [3.63, 3.8) is 0 Å². The maximum atomic E-state index is 4.76. The molecule has 0 aromatic carbocycles. The molecule has 0 spiro atoms. The van der Waals surface area contributed by atoms with Gasteiger partial charge < -0.3 is 5.32 Å². The van der Waals surface area contributed by atoms with Crippen LogP contribution in [-0.2, 0) is 13.1 Å². The highest BCUT2D eigenvalue weighted by Gasteiger charge is 2.25. The van der Waals surface area contributed by atoms with E-state index in [-0.39, 0.29) is 0 Å². The van der Waals surface area contributed by atoms with E-state index in [1.165, 1.54) is 36.4 Å². The van der Waals surface area contributed by atoms with E-state index in [9.17, 15) is 0 Å². The van der Waals surface area contributed by atoms with Gasteiger partial charge in [-0.1, -0.05) is 33.6 Å². The molecule has 0 aliphatic heterocycles. The number of nitrogens with zero attached hydrogens (tertiary/aromatic N) is 2. The zero-order chi connectivity index (χ0) is 14.5. The van der Waals surface area contributed by atoms with Gasteiger partial charge in [-0.3, -0.25) is 4.90 Å². The van der Waals surface area contributed by atoms with E-state index in [0.29, 0.717) is 6.04 Å². The first-order valence-corrected chi connectivity index (χ1v) is 8.81. The Morgan fingerprint density at radius 2 is 2.15 bits per heavy atom. The van der Waals surface area contributed by atoms with E-state index in [4.69, 9.17) is 4.98 Å². The monoisotopic (exact) mass is 295 g/mol. The van der Waals surface area contributed by atoms with Crippen molar-refractivity contribution in [1.82, 2.24) is 15.2 Å². The van der Waals surface area contributed by atoms with Gasteiger partial charge >= 0.3 is 0 Å². The molecule has 4 heteroatoms. The fourth-order valence-electron chi connectivity index (χ4n) is 3.12. The van der Waals surface area contributed by atoms with Crippen LogP contribution in [0.2, 0.25) is 0 Å². The molecule has 3 nitrogen and oxygen atoms in total. The zero-order valence-corrected chi connectivity index (χ0v) is 14.2. The van der Waals surface area contributed by atoms with E-state index in [1.54, 1.807) is 11.3 Å². The summed E-state index contributed by atoms with van der Waals surface area (Å²) in [4.78, 5) is 7.27. The number of hydrogen-bond acceptors (Lipinski definition) is 4. The minimum atomic E-state index is 0.521. The van der Waals surface area contributed by atoms with Crippen LogP contribution in [0.3, 0.4) is 0 Å².